The maximum Gasteiger partial charge on any atom is 0.266 e. The summed E-state index contributed by atoms with van der Waals surface area (Å²) in [4.78, 5) is 29.2. The fraction of sp³-hybridized carbons (Fsp3) is 0.444. The van der Waals surface area contributed by atoms with Crippen LogP contribution in [0.3, 0.4) is 0 Å². The Morgan fingerprint density at radius 2 is 1.62 bits per heavy atom. The van der Waals surface area contributed by atoms with Gasteiger partial charge in [-0.3, -0.25) is 14.1 Å². The molecule has 0 fully saturated rings. The van der Waals surface area contributed by atoms with Gasteiger partial charge in [0.05, 0.1) is 27.0 Å². The zero-order chi connectivity index (χ0) is 36.4. The van der Waals surface area contributed by atoms with Crippen LogP contribution in [0.5, 0.6) is 5.75 Å². The van der Waals surface area contributed by atoms with Gasteiger partial charge in [0.25, 0.3) is 16.0 Å². The van der Waals surface area contributed by atoms with Gasteiger partial charge in [0.2, 0.25) is 5.91 Å². The largest absolute Gasteiger partial charge is 0.483 e. The van der Waals surface area contributed by atoms with Crippen molar-refractivity contribution in [2.24, 2.45) is 5.41 Å². The minimum absolute atomic E-state index is 0.000321. The van der Waals surface area contributed by atoms with Gasteiger partial charge in [0, 0.05) is 30.3 Å². The molecule has 3 N–H and O–H groups in total. The number of sulfone groups is 1. The van der Waals surface area contributed by atoms with Crippen molar-refractivity contribution in [3.63, 3.8) is 0 Å². The number of hydrogen-bond donors (Lipinski definition) is 3. The van der Waals surface area contributed by atoms with Crippen LogP contribution < -0.4 is 20.3 Å². The number of nitrogens with one attached hydrogen (secondary N) is 2. The van der Waals surface area contributed by atoms with Gasteiger partial charge in [-0.2, -0.15) is 8.42 Å². The SMILES string of the molecule is CCCCC1(CCCC)CN(c2ccccc2)c2cc(SC)c(OCC(=O)N[C@@H](C(=O)NCCS(=O)(=O)O)c3ccccc3)cc2S(=O)(=O)C1. The molecule has 0 spiro atoms. The normalized spacial score (nSPS) is 15.7. The van der Waals surface area contributed by atoms with E-state index in [-0.39, 0.29) is 22.9 Å². The number of benzene rings is 3. The van der Waals surface area contributed by atoms with E-state index in [0.29, 0.717) is 22.7 Å². The predicted octanol–water partition coefficient (Wildman–Crippen LogP) is 5.94. The molecule has 0 saturated heterocycles. The summed E-state index contributed by atoms with van der Waals surface area (Å²) in [5, 5.41) is 5.06. The Morgan fingerprint density at radius 3 is 2.20 bits per heavy atom. The van der Waals surface area contributed by atoms with Crippen molar-refractivity contribution in [2.75, 3.05) is 42.4 Å². The third-order valence-electron chi connectivity index (χ3n) is 8.77. The molecule has 1 aliphatic heterocycles. The van der Waals surface area contributed by atoms with Crippen LogP contribution in [0.1, 0.15) is 64.0 Å². The molecule has 3 aromatic carbocycles. The average Bonchev–Trinajstić information content (AvgIpc) is 3.19. The van der Waals surface area contributed by atoms with E-state index in [1.165, 1.54) is 17.8 Å². The molecule has 50 heavy (non-hydrogen) atoms. The summed E-state index contributed by atoms with van der Waals surface area (Å²) < 4.78 is 66.0. The number of carbonyl (C=O) groups is 2. The molecule has 3 aromatic rings. The van der Waals surface area contributed by atoms with E-state index < -0.39 is 55.6 Å². The maximum absolute atomic E-state index is 14.4. The fourth-order valence-electron chi connectivity index (χ4n) is 6.28. The lowest BCUT2D eigenvalue weighted by Gasteiger charge is -2.37. The van der Waals surface area contributed by atoms with Gasteiger partial charge in [-0.15, -0.1) is 11.8 Å². The fourth-order valence-corrected chi connectivity index (χ4v) is 9.30. The topological polar surface area (TPSA) is 159 Å². The molecule has 272 valence electrons. The van der Waals surface area contributed by atoms with E-state index in [1.807, 2.05) is 42.7 Å². The lowest BCUT2D eigenvalue weighted by atomic mass is 9.79. The molecular weight excluding hydrogens is 699 g/mol. The highest BCUT2D eigenvalue weighted by Gasteiger charge is 2.42. The Kier molecular flexibility index (Phi) is 13.8. The zero-order valence-electron chi connectivity index (χ0n) is 28.8. The van der Waals surface area contributed by atoms with E-state index in [2.05, 4.69) is 29.4 Å². The maximum atomic E-state index is 14.4. The van der Waals surface area contributed by atoms with E-state index in [4.69, 9.17) is 9.29 Å². The molecule has 4 rings (SSSR count). The van der Waals surface area contributed by atoms with Crippen molar-refractivity contribution in [1.29, 1.82) is 0 Å². The second-order valence-electron chi connectivity index (χ2n) is 12.6. The molecule has 1 aliphatic rings. The number of nitrogens with zero attached hydrogens (tertiary/aromatic N) is 1. The number of ether oxygens (including phenoxy) is 1. The molecule has 1 atom stereocenters. The first-order valence-corrected chi connectivity index (χ1v) is 21.3. The lowest BCUT2D eigenvalue weighted by molar-refractivity contribution is -0.130. The molecule has 0 saturated carbocycles. The highest BCUT2D eigenvalue weighted by Crippen LogP contribution is 2.47. The van der Waals surface area contributed by atoms with Gasteiger partial charge in [-0.1, -0.05) is 88.1 Å². The predicted molar refractivity (Wildman–Crippen MR) is 197 cm³/mol. The van der Waals surface area contributed by atoms with Crippen LogP contribution >= 0.6 is 11.8 Å². The summed E-state index contributed by atoms with van der Waals surface area (Å²) >= 11 is 1.37. The molecule has 1 heterocycles. The molecule has 14 heteroatoms. The Bertz CT molecular complexity index is 1810. The highest BCUT2D eigenvalue weighted by atomic mass is 32.2. The lowest BCUT2D eigenvalue weighted by Crippen LogP contribution is -2.43. The number of hydrogen-bond acceptors (Lipinski definition) is 9. The van der Waals surface area contributed by atoms with Crippen LogP contribution in [-0.4, -0.2) is 70.7 Å². The molecule has 2 amide bonds. The standard InChI is InChI=1S/C36H47N3O8S3/c1-4-6-18-36(19-7-5-2)25-39(28-16-12-9-13-17-28)29-22-31(48-3)30(23-32(29)49(42,43)26-36)47-24-33(40)38-34(27-14-10-8-11-15-27)35(41)37-20-21-50(44,45)46/h8-17,22-23,34H,4-7,18-21,24-26H2,1-3H3,(H,37,41)(H,38,40)(H,44,45,46)/t34-/m1/s1. The Hall–Kier alpha value is -3.59. The third kappa shape index (κ3) is 10.5. The van der Waals surface area contributed by atoms with Gasteiger partial charge in [0.15, 0.2) is 16.4 Å². The molecule has 0 aromatic heterocycles. The van der Waals surface area contributed by atoms with Crippen molar-refractivity contribution in [1.82, 2.24) is 10.6 Å². The Morgan fingerprint density at radius 1 is 1.00 bits per heavy atom. The minimum Gasteiger partial charge on any atom is -0.483 e. The first-order chi connectivity index (χ1) is 23.8. The number of rotatable bonds is 17. The van der Waals surface area contributed by atoms with Crippen molar-refractivity contribution in [2.45, 2.75) is 68.2 Å². The zero-order valence-corrected chi connectivity index (χ0v) is 31.2. The summed E-state index contributed by atoms with van der Waals surface area (Å²) in [7, 11) is -8.11. The summed E-state index contributed by atoms with van der Waals surface area (Å²) in [6.45, 7) is 3.91. The number of unbranched alkanes of at least 4 members (excludes halogenated alkanes) is 2. The van der Waals surface area contributed by atoms with Gasteiger partial charge in [0.1, 0.15) is 11.8 Å². The van der Waals surface area contributed by atoms with Crippen molar-refractivity contribution in [3.05, 3.63) is 78.4 Å². The van der Waals surface area contributed by atoms with Gasteiger partial charge in [-0.05, 0) is 42.9 Å². The third-order valence-corrected chi connectivity index (χ3v) is 12.2. The molecular formula is C36H47N3O8S3. The number of anilines is 2. The van der Waals surface area contributed by atoms with E-state index >= 15 is 0 Å². The molecule has 0 radical (unpaired) electrons. The smallest absolute Gasteiger partial charge is 0.266 e. The Labute approximate surface area is 300 Å². The highest BCUT2D eigenvalue weighted by molar-refractivity contribution is 7.98. The van der Waals surface area contributed by atoms with Crippen LogP contribution in [0.4, 0.5) is 11.4 Å². The quantitative estimate of drug-likeness (QED) is 0.112. The molecule has 11 nitrogen and oxygen atoms in total. The van der Waals surface area contributed by atoms with Crippen LogP contribution in [-0.2, 0) is 29.5 Å². The van der Waals surface area contributed by atoms with Gasteiger partial charge in [-0.25, -0.2) is 8.42 Å². The summed E-state index contributed by atoms with van der Waals surface area (Å²) in [6, 6.07) is 20.3. The van der Waals surface area contributed by atoms with Crippen molar-refractivity contribution >= 4 is 54.9 Å². The second kappa shape index (κ2) is 17.6. The first kappa shape index (κ1) is 39.2. The van der Waals surface area contributed by atoms with E-state index in [1.54, 1.807) is 30.3 Å². The van der Waals surface area contributed by atoms with Crippen LogP contribution in [0.25, 0.3) is 0 Å². The van der Waals surface area contributed by atoms with Crippen LogP contribution in [0.15, 0.2) is 82.6 Å². The monoisotopic (exact) mass is 745 g/mol. The number of carbonyl (C=O) groups excluding carboxylic acids is 2. The number of para-hydroxylation sites is 1. The summed E-state index contributed by atoms with van der Waals surface area (Å²) in [6.07, 6.45) is 7.17. The summed E-state index contributed by atoms with van der Waals surface area (Å²) in [5.41, 5.74) is 1.44. The minimum atomic E-state index is -4.30. The van der Waals surface area contributed by atoms with E-state index in [9.17, 15) is 26.4 Å². The summed E-state index contributed by atoms with van der Waals surface area (Å²) in [5.74, 6) is -1.79. The van der Waals surface area contributed by atoms with Gasteiger partial charge < -0.3 is 20.3 Å². The number of thioether (sulfide) groups is 1. The van der Waals surface area contributed by atoms with E-state index in [0.717, 1.165) is 44.2 Å². The van der Waals surface area contributed by atoms with Gasteiger partial charge >= 0.3 is 0 Å². The van der Waals surface area contributed by atoms with Crippen molar-refractivity contribution in [3.8, 4) is 5.75 Å². The molecule has 0 bridgehead atoms. The average molecular weight is 746 g/mol. The molecule has 0 unspecified atom stereocenters. The van der Waals surface area contributed by atoms with Crippen LogP contribution in [0.2, 0.25) is 0 Å². The Balaban J connectivity index is 1.66. The second-order valence-corrected chi connectivity index (χ2v) is 17.0. The molecule has 0 aliphatic carbocycles. The van der Waals surface area contributed by atoms with Crippen LogP contribution in [0, 0.1) is 5.41 Å². The number of amides is 2. The number of fused-ring (bicyclic) bond motifs is 1. The first-order valence-electron chi connectivity index (χ1n) is 16.8. The van der Waals surface area contributed by atoms with Crippen molar-refractivity contribution < 1.29 is 35.7 Å².